The summed E-state index contributed by atoms with van der Waals surface area (Å²) >= 11 is 1.75. The summed E-state index contributed by atoms with van der Waals surface area (Å²) < 4.78 is 5.75. The minimum atomic E-state index is 0. The summed E-state index contributed by atoms with van der Waals surface area (Å²) in [6, 6.07) is 8.18. The van der Waals surface area contributed by atoms with Crippen molar-refractivity contribution in [2.75, 3.05) is 26.2 Å². The molecule has 0 aliphatic carbocycles. The van der Waals surface area contributed by atoms with Gasteiger partial charge in [0.2, 0.25) is 0 Å². The first-order valence-electron chi connectivity index (χ1n) is 9.30. The van der Waals surface area contributed by atoms with Gasteiger partial charge in [0.15, 0.2) is 5.96 Å². The van der Waals surface area contributed by atoms with Crippen LogP contribution in [-0.2, 0) is 6.42 Å². The Kier molecular flexibility index (Phi) is 12.1. The van der Waals surface area contributed by atoms with Crippen LogP contribution < -0.4 is 15.4 Å². The lowest BCUT2D eigenvalue weighted by molar-refractivity contribution is 0.308. The summed E-state index contributed by atoms with van der Waals surface area (Å²) in [6.07, 6.45) is 4.86. The van der Waals surface area contributed by atoms with Crippen LogP contribution in [0.5, 0.6) is 5.75 Å². The SMILES string of the molecule is CCNC(=NCCCCOc1ccc(C)cc1)NCCc1ncc(C)s1.I. The van der Waals surface area contributed by atoms with Gasteiger partial charge >= 0.3 is 0 Å². The number of aromatic nitrogens is 1. The van der Waals surface area contributed by atoms with Gasteiger partial charge in [-0.3, -0.25) is 4.99 Å². The fourth-order valence-corrected chi connectivity index (χ4v) is 3.16. The van der Waals surface area contributed by atoms with Gasteiger partial charge in [-0.2, -0.15) is 0 Å². The lowest BCUT2D eigenvalue weighted by Crippen LogP contribution is -2.38. The van der Waals surface area contributed by atoms with E-state index in [1.54, 1.807) is 11.3 Å². The van der Waals surface area contributed by atoms with Gasteiger partial charge in [0.05, 0.1) is 11.6 Å². The van der Waals surface area contributed by atoms with Crippen molar-refractivity contribution in [3.05, 3.63) is 45.9 Å². The highest BCUT2D eigenvalue weighted by Crippen LogP contribution is 2.12. The topological polar surface area (TPSA) is 58.5 Å². The number of unbranched alkanes of at least 4 members (excludes halogenated alkanes) is 1. The minimum Gasteiger partial charge on any atom is -0.494 e. The monoisotopic (exact) mass is 502 g/mol. The molecular weight excluding hydrogens is 471 g/mol. The molecule has 0 saturated carbocycles. The van der Waals surface area contributed by atoms with E-state index in [0.717, 1.165) is 57.2 Å². The molecular formula is C20H31IN4OS. The van der Waals surface area contributed by atoms with E-state index in [-0.39, 0.29) is 24.0 Å². The Balaban J connectivity index is 0.00000364. The van der Waals surface area contributed by atoms with Crippen molar-refractivity contribution in [2.24, 2.45) is 4.99 Å². The summed E-state index contributed by atoms with van der Waals surface area (Å²) in [4.78, 5) is 10.3. The zero-order chi connectivity index (χ0) is 18.6. The molecule has 5 nitrogen and oxygen atoms in total. The van der Waals surface area contributed by atoms with Gasteiger partial charge < -0.3 is 15.4 Å². The molecule has 2 rings (SSSR count). The number of ether oxygens (including phenoxy) is 1. The Morgan fingerprint density at radius 2 is 1.93 bits per heavy atom. The van der Waals surface area contributed by atoms with Crippen LogP contribution in [0.1, 0.15) is 35.2 Å². The van der Waals surface area contributed by atoms with Gasteiger partial charge in [0.1, 0.15) is 5.75 Å². The zero-order valence-corrected chi connectivity index (χ0v) is 19.6. The number of hydrogen-bond acceptors (Lipinski definition) is 4. The van der Waals surface area contributed by atoms with Crippen LogP contribution in [0.15, 0.2) is 35.5 Å². The zero-order valence-electron chi connectivity index (χ0n) is 16.5. The molecule has 0 bridgehead atoms. The van der Waals surface area contributed by atoms with E-state index in [9.17, 15) is 0 Å². The molecule has 0 amide bonds. The van der Waals surface area contributed by atoms with Crippen LogP contribution in [0.2, 0.25) is 0 Å². The number of aliphatic imine (C=N–C) groups is 1. The summed E-state index contributed by atoms with van der Waals surface area (Å²) in [7, 11) is 0. The molecule has 1 heterocycles. The molecule has 2 aromatic rings. The maximum absolute atomic E-state index is 5.75. The highest BCUT2D eigenvalue weighted by molar-refractivity contribution is 14.0. The number of rotatable bonds is 10. The van der Waals surface area contributed by atoms with E-state index in [1.807, 2.05) is 18.3 Å². The van der Waals surface area contributed by atoms with Gasteiger partial charge in [-0.25, -0.2) is 4.98 Å². The average Bonchev–Trinajstić information content (AvgIpc) is 3.04. The fraction of sp³-hybridized carbons (Fsp3) is 0.500. The minimum absolute atomic E-state index is 0. The molecule has 0 radical (unpaired) electrons. The van der Waals surface area contributed by atoms with Crippen LogP contribution in [-0.4, -0.2) is 37.2 Å². The van der Waals surface area contributed by atoms with Crippen LogP contribution in [0.4, 0.5) is 0 Å². The predicted molar refractivity (Wildman–Crippen MR) is 126 cm³/mol. The quantitative estimate of drug-likeness (QED) is 0.220. The Labute approximate surface area is 184 Å². The van der Waals surface area contributed by atoms with Gasteiger partial charge in [0, 0.05) is 37.1 Å². The lowest BCUT2D eigenvalue weighted by Gasteiger charge is -2.10. The van der Waals surface area contributed by atoms with Gasteiger partial charge in [0.25, 0.3) is 0 Å². The molecule has 1 aromatic carbocycles. The first-order chi connectivity index (χ1) is 12.7. The second kappa shape index (κ2) is 13.8. The number of nitrogens with one attached hydrogen (secondary N) is 2. The number of halogens is 1. The number of thiazole rings is 1. The molecule has 0 unspecified atom stereocenters. The highest BCUT2D eigenvalue weighted by atomic mass is 127. The molecule has 1 aromatic heterocycles. The highest BCUT2D eigenvalue weighted by Gasteiger charge is 2.01. The van der Waals surface area contributed by atoms with Crippen LogP contribution >= 0.6 is 35.3 Å². The first-order valence-corrected chi connectivity index (χ1v) is 10.1. The molecule has 0 atom stereocenters. The third-order valence-electron chi connectivity index (χ3n) is 3.76. The maximum Gasteiger partial charge on any atom is 0.191 e. The third-order valence-corrected chi connectivity index (χ3v) is 4.73. The summed E-state index contributed by atoms with van der Waals surface area (Å²) in [5.74, 6) is 1.81. The Bertz CT molecular complexity index is 673. The van der Waals surface area contributed by atoms with E-state index in [4.69, 9.17) is 4.74 Å². The normalized spacial score (nSPS) is 11.0. The van der Waals surface area contributed by atoms with Crippen molar-refractivity contribution in [2.45, 2.75) is 40.0 Å². The molecule has 7 heteroatoms. The molecule has 0 aliphatic rings. The van der Waals surface area contributed by atoms with E-state index in [2.05, 4.69) is 53.5 Å². The first kappa shape index (κ1) is 23.7. The average molecular weight is 502 g/mol. The number of nitrogens with zero attached hydrogens (tertiary/aromatic N) is 2. The van der Waals surface area contributed by atoms with Crippen LogP contribution in [0.3, 0.4) is 0 Å². The van der Waals surface area contributed by atoms with E-state index >= 15 is 0 Å². The number of hydrogen-bond donors (Lipinski definition) is 2. The number of benzene rings is 1. The van der Waals surface area contributed by atoms with Crippen molar-refractivity contribution in [1.82, 2.24) is 15.6 Å². The second-order valence-electron chi connectivity index (χ2n) is 6.17. The summed E-state index contributed by atoms with van der Waals surface area (Å²) in [5.41, 5.74) is 1.25. The van der Waals surface area contributed by atoms with Gasteiger partial charge in [-0.05, 0) is 45.7 Å². The summed E-state index contributed by atoms with van der Waals surface area (Å²) in [6.45, 7) is 9.47. The van der Waals surface area contributed by atoms with Gasteiger partial charge in [-0.1, -0.05) is 17.7 Å². The Hall–Kier alpha value is -1.35. The van der Waals surface area contributed by atoms with Crippen LogP contribution in [0, 0.1) is 13.8 Å². The Morgan fingerprint density at radius 1 is 1.15 bits per heavy atom. The molecule has 150 valence electrons. The summed E-state index contributed by atoms with van der Waals surface area (Å²) in [5, 5.41) is 7.83. The van der Waals surface area contributed by atoms with Crippen molar-refractivity contribution in [3.8, 4) is 5.75 Å². The van der Waals surface area contributed by atoms with Gasteiger partial charge in [-0.15, -0.1) is 35.3 Å². The Morgan fingerprint density at radius 3 is 2.59 bits per heavy atom. The largest absolute Gasteiger partial charge is 0.494 e. The standard InChI is InChI=1S/C20H30N4OS.HI/c1-4-21-20(23-13-11-19-24-15-17(3)26-19)22-12-5-6-14-25-18-9-7-16(2)8-10-18;/h7-10,15H,4-6,11-14H2,1-3H3,(H2,21,22,23);1H. The maximum atomic E-state index is 5.75. The molecule has 0 saturated heterocycles. The second-order valence-corrected chi connectivity index (χ2v) is 7.49. The van der Waals surface area contributed by atoms with E-state index in [1.165, 1.54) is 15.4 Å². The number of guanidine groups is 1. The predicted octanol–water partition coefficient (Wildman–Crippen LogP) is 4.33. The smallest absolute Gasteiger partial charge is 0.191 e. The van der Waals surface area contributed by atoms with Crippen molar-refractivity contribution in [3.63, 3.8) is 0 Å². The molecule has 0 aliphatic heterocycles. The van der Waals surface area contributed by atoms with Crippen molar-refractivity contribution in [1.29, 1.82) is 0 Å². The number of aryl methyl sites for hydroxylation is 2. The van der Waals surface area contributed by atoms with Crippen LogP contribution in [0.25, 0.3) is 0 Å². The molecule has 27 heavy (non-hydrogen) atoms. The molecule has 0 spiro atoms. The molecule has 0 fully saturated rings. The lowest BCUT2D eigenvalue weighted by atomic mass is 10.2. The van der Waals surface area contributed by atoms with Crippen molar-refractivity contribution < 1.29 is 4.74 Å². The fourth-order valence-electron chi connectivity index (χ4n) is 2.38. The van der Waals surface area contributed by atoms with E-state index in [0.29, 0.717) is 0 Å². The molecule has 2 N–H and O–H groups in total. The van der Waals surface area contributed by atoms with E-state index < -0.39 is 0 Å². The third kappa shape index (κ3) is 9.95. The van der Waals surface area contributed by atoms with Crippen molar-refractivity contribution >= 4 is 41.3 Å².